The van der Waals surface area contributed by atoms with Crippen LogP contribution in [0, 0.1) is 0 Å². The first kappa shape index (κ1) is 16.1. The van der Waals surface area contributed by atoms with Crippen molar-refractivity contribution in [1.29, 1.82) is 0 Å². The number of amides is 3. The van der Waals surface area contributed by atoms with E-state index in [0.29, 0.717) is 37.6 Å². The van der Waals surface area contributed by atoms with Crippen molar-refractivity contribution in [1.82, 2.24) is 9.80 Å². The molecule has 0 unspecified atom stereocenters. The van der Waals surface area contributed by atoms with Gasteiger partial charge in [0.2, 0.25) is 0 Å². The van der Waals surface area contributed by atoms with Gasteiger partial charge in [0.25, 0.3) is 5.91 Å². The molecule has 1 aromatic heterocycles. The third kappa shape index (κ3) is 3.57. The van der Waals surface area contributed by atoms with E-state index in [-0.39, 0.29) is 18.5 Å². The molecular formula is C17H19N3O4. The summed E-state index contributed by atoms with van der Waals surface area (Å²) in [7, 11) is 0. The first-order valence-corrected chi connectivity index (χ1v) is 7.76. The van der Waals surface area contributed by atoms with Crippen molar-refractivity contribution >= 4 is 17.6 Å². The number of aliphatic hydroxyl groups is 1. The van der Waals surface area contributed by atoms with Crippen LogP contribution in [0.25, 0.3) is 0 Å². The predicted molar refractivity (Wildman–Crippen MR) is 87.6 cm³/mol. The third-order valence-corrected chi connectivity index (χ3v) is 3.97. The quantitative estimate of drug-likeness (QED) is 0.898. The van der Waals surface area contributed by atoms with Gasteiger partial charge in [-0.1, -0.05) is 12.1 Å². The summed E-state index contributed by atoms with van der Waals surface area (Å²) in [6, 6.07) is 10.1. The second-order valence-corrected chi connectivity index (χ2v) is 5.54. The lowest BCUT2D eigenvalue weighted by atomic mass is 10.2. The number of hydrogen-bond acceptors (Lipinski definition) is 4. The highest BCUT2D eigenvalue weighted by atomic mass is 16.3. The second-order valence-electron chi connectivity index (χ2n) is 5.54. The van der Waals surface area contributed by atoms with Gasteiger partial charge in [0, 0.05) is 31.9 Å². The number of hydrogen-bond donors (Lipinski definition) is 2. The molecule has 1 aliphatic heterocycles. The Morgan fingerprint density at radius 3 is 2.29 bits per heavy atom. The van der Waals surface area contributed by atoms with Gasteiger partial charge >= 0.3 is 6.03 Å². The van der Waals surface area contributed by atoms with E-state index < -0.39 is 0 Å². The summed E-state index contributed by atoms with van der Waals surface area (Å²) in [6.07, 6.45) is 1.47. The number of nitrogens with zero attached hydrogens (tertiary/aromatic N) is 2. The van der Waals surface area contributed by atoms with Crippen LogP contribution in [0.5, 0.6) is 0 Å². The Morgan fingerprint density at radius 2 is 1.71 bits per heavy atom. The standard InChI is InChI=1S/C17H19N3O4/c21-12-13-3-5-14(6-4-13)18-17(23)20-9-7-19(8-10-20)16(22)15-2-1-11-24-15/h1-6,11,21H,7-10,12H2,(H,18,23). The van der Waals surface area contributed by atoms with Gasteiger partial charge < -0.3 is 24.6 Å². The van der Waals surface area contributed by atoms with Gasteiger partial charge in [0.05, 0.1) is 12.9 Å². The Morgan fingerprint density at radius 1 is 1.04 bits per heavy atom. The number of anilines is 1. The normalized spacial score (nSPS) is 14.5. The molecule has 7 heteroatoms. The second kappa shape index (κ2) is 7.18. The van der Waals surface area contributed by atoms with Crippen LogP contribution in [-0.2, 0) is 6.61 Å². The maximum Gasteiger partial charge on any atom is 0.321 e. The number of nitrogens with one attached hydrogen (secondary N) is 1. The Hall–Kier alpha value is -2.80. The number of benzene rings is 1. The molecule has 2 aromatic rings. The summed E-state index contributed by atoms with van der Waals surface area (Å²) in [5.74, 6) is 0.163. The van der Waals surface area contributed by atoms with Crippen LogP contribution in [0.4, 0.5) is 10.5 Å². The van der Waals surface area contributed by atoms with E-state index in [1.54, 1.807) is 46.2 Å². The van der Waals surface area contributed by atoms with E-state index in [1.807, 2.05) is 0 Å². The van der Waals surface area contributed by atoms with Crippen LogP contribution in [0.1, 0.15) is 16.1 Å². The van der Waals surface area contributed by atoms with E-state index in [2.05, 4.69) is 5.32 Å². The number of aliphatic hydroxyl groups excluding tert-OH is 1. The largest absolute Gasteiger partial charge is 0.459 e. The minimum atomic E-state index is -0.197. The lowest BCUT2D eigenvalue weighted by molar-refractivity contribution is 0.0640. The van der Waals surface area contributed by atoms with Crippen LogP contribution in [0.15, 0.2) is 47.1 Å². The number of urea groups is 1. The minimum Gasteiger partial charge on any atom is -0.459 e. The van der Waals surface area contributed by atoms with Crippen molar-refractivity contribution in [2.24, 2.45) is 0 Å². The van der Waals surface area contributed by atoms with Crippen LogP contribution in [-0.4, -0.2) is 53.0 Å². The van der Waals surface area contributed by atoms with Gasteiger partial charge in [-0.05, 0) is 29.8 Å². The van der Waals surface area contributed by atoms with Crippen LogP contribution < -0.4 is 5.32 Å². The van der Waals surface area contributed by atoms with Crippen molar-refractivity contribution < 1.29 is 19.1 Å². The average Bonchev–Trinajstić information content (AvgIpc) is 3.16. The lowest BCUT2D eigenvalue weighted by Gasteiger charge is -2.34. The molecule has 2 heterocycles. The third-order valence-electron chi connectivity index (χ3n) is 3.97. The van der Waals surface area contributed by atoms with Crippen LogP contribution >= 0.6 is 0 Å². The molecule has 7 nitrogen and oxygen atoms in total. The number of furan rings is 1. The Labute approximate surface area is 139 Å². The summed E-state index contributed by atoms with van der Waals surface area (Å²) in [6.45, 7) is 1.84. The molecule has 3 amide bonds. The van der Waals surface area contributed by atoms with Gasteiger partial charge in [-0.25, -0.2) is 4.79 Å². The van der Waals surface area contributed by atoms with Crippen LogP contribution in [0.3, 0.4) is 0 Å². The van der Waals surface area contributed by atoms with E-state index in [0.717, 1.165) is 5.56 Å². The fraction of sp³-hybridized carbons (Fsp3) is 0.294. The summed E-state index contributed by atoms with van der Waals surface area (Å²) in [5, 5.41) is 11.8. The highest BCUT2D eigenvalue weighted by Gasteiger charge is 2.26. The fourth-order valence-corrected chi connectivity index (χ4v) is 2.56. The van der Waals surface area contributed by atoms with Gasteiger partial charge in [0.15, 0.2) is 5.76 Å². The van der Waals surface area contributed by atoms with Crippen molar-refractivity contribution in [2.75, 3.05) is 31.5 Å². The summed E-state index contributed by atoms with van der Waals surface area (Å²) < 4.78 is 5.12. The summed E-state index contributed by atoms with van der Waals surface area (Å²) in [4.78, 5) is 27.8. The molecule has 1 aliphatic rings. The topological polar surface area (TPSA) is 86.0 Å². The molecule has 1 saturated heterocycles. The van der Waals surface area contributed by atoms with Crippen molar-refractivity contribution in [3.05, 3.63) is 54.0 Å². The van der Waals surface area contributed by atoms with Crippen LogP contribution in [0.2, 0.25) is 0 Å². The zero-order valence-electron chi connectivity index (χ0n) is 13.1. The maximum absolute atomic E-state index is 12.3. The van der Waals surface area contributed by atoms with E-state index in [9.17, 15) is 9.59 Å². The van der Waals surface area contributed by atoms with Gasteiger partial charge in [-0.2, -0.15) is 0 Å². The van der Waals surface area contributed by atoms with Gasteiger partial charge in [-0.3, -0.25) is 4.79 Å². The average molecular weight is 329 g/mol. The van der Waals surface area contributed by atoms with Crippen molar-refractivity contribution in [3.8, 4) is 0 Å². The van der Waals surface area contributed by atoms with Crippen molar-refractivity contribution in [3.63, 3.8) is 0 Å². The van der Waals surface area contributed by atoms with Gasteiger partial charge in [-0.15, -0.1) is 0 Å². The fourth-order valence-electron chi connectivity index (χ4n) is 2.56. The Kier molecular flexibility index (Phi) is 4.81. The highest BCUT2D eigenvalue weighted by Crippen LogP contribution is 2.13. The molecule has 0 bridgehead atoms. The maximum atomic E-state index is 12.3. The zero-order chi connectivity index (χ0) is 16.9. The predicted octanol–water partition coefficient (Wildman–Crippen LogP) is 1.76. The minimum absolute atomic E-state index is 0.0279. The Bertz CT molecular complexity index is 689. The molecular weight excluding hydrogens is 310 g/mol. The number of carbonyl (C=O) groups excluding carboxylic acids is 2. The van der Waals surface area contributed by atoms with E-state index >= 15 is 0 Å². The molecule has 0 radical (unpaired) electrons. The first-order chi connectivity index (χ1) is 11.7. The molecule has 0 spiro atoms. The smallest absolute Gasteiger partial charge is 0.321 e. The molecule has 1 aromatic carbocycles. The Balaban J connectivity index is 1.52. The summed E-state index contributed by atoms with van der Waals surface area (Å²) >= 11 is 0. The zero-order valence-corrected chi connectivity index (χ0v) is 13.1. The highest BCUT2D eigenvalue weighted by molar-refractivity contribution is 5.92. The molecule has 24 heavy (non-hydrogen) atoms. The molecule has 0 saturated carbocycles. The molecule has 0 atom stereocenters. The van der Waals surface area contributed by atoms with Gasteiger partial charge in [0.1, 0.15) is 0 Å². The molecule has 126 valence electrons. The monoisotopic (exact) mass is 329 g/mol. The molecule has 2 N–H and O–H groups in total. The first-order valence-electron chi connectivity index (χ1n) is 7.76. The molecule has 0 aliphatic carbocycles. The van der Waals surface area contributed by atoms with Crippen molar-refractivity contribution in [2.45, 2.75) is 6.61 Å². The number of rotatable bonds is 3. The number of carbonyl (C=O) groups is 2. The SMILES string of the molecule is O=C(Nc1ccc(CO)cc1)N1CCN(C(=O)c2ccco2)CC1. The summed E-state index contributed by atoms with van der Waals surface area (Å²) in [5.41, 5.74) is 1.46. The van der Waals surface area contributed by atoms with E-state index in [1.165, 1.54) is 6.26 Å². The molecule has 1 fully saturated rings. The number of piperazine rings is 1. The van der Waals surface area contributed by atoms with E-state index in [4.69, 9.17) is 9.52 Å². The molecule has 3 rings (SSSR count). The lowest BCUT2D eigenvalue weighted by Crippen LogP contribution is -2.51.